The third-order valence-electron chi connectivity index (χ3n) is 0.976. The third kappa shape index (κ3) is 1.59. The molecule has 2 nitrogen and oxygen atoms in total. The molecule has 1 heterocycles. The summed E-state index contributed by atoms with van der Waals surface area (Å²) >= 11 is 3.12. The zero-order valence-electron chi connectivity index (χ0n) is 5.13. The molecule has 1 rings (SSSR count). The zero-order valence-corrected chi connectivity index (χ0v) is 6.76. The molecule has 0 aliphatic rings. The van der Waals surface area contributed by atoms with E-state index in [1.54, 1.807) is 11.8 Å². The number of hydrogen-bond donors (Lipinski definition) is 1. The molecule has 4 heteroatoms. The van der Waals surface area contributed by atoms with Crippen LogP contribution in [0, 0.1) is 0 Å². The van der Waals surface area contributed by atoms with Crippen molar-refractivity contribution in [3.63, 3.8) is 0 Å². The Morgan fingerprint density at radius 2 is 2.67 bits per heavy atom. The molecule has 9 heavy (non-hydrogen) atoms. The van der Waals surface area contributed by atoms with Gasteiger partial charge in [-0.3, -0.25) is 0 Å². The Hall–Kier alpha value is -0.220. The first-order valence-corrected chi connectivity index (χ1v) is 4.69. The van der Waals surface area contributed by atoms with E-state index in [1.165, 1.54) is 11.5 Å². The highest BCUT2D eigenvalue weighted by atomic mass is 32.2. The molecule has 0 fully saturated rings. The lowest BCUT2D eigenvalue weighted by Gasteiger charge is -1.90. The van der Waals surface area contributed by atoms with Crippen LogP contribution >= 0.6 is 23.3 Å². The molecular formula is C5H8N2S2. The van der Waals surface area contributed by atoms with Crippen LogP contribution in [0.1, 0.15) is 5.56 Å². The maximum Gasteiger partial charge on any atom is 0.110 e. The molecule has 0 bridgehead atoms. The Balaban J connectivity index is 2.69. The van der Waals surface area contributed by atoms with Crippen molar-refractivity contribution in [3.05, 3.63) is 11.8 Å². The lowest BCUT2D eigenvalue weighted by atomic mass is 10.4. The van der Waals surface area contributed by atoms with E-state index in [0.717, 1.165) is 16.3 Å². The second-order valence-electron chi connectivity index (χ2n) is 1.65. The van der Waals surface area contributed by atoms with Crippen LogP contribution in [-0.2, 0) is 5.75 Å². The van der Waals surface area contributed by atoms with Gasteiger partial charge in [0.15, 0.2) is 0 Å². The van der Waals surface area contributed by atoms with E-state index in [1.807, 2.05) is 6.20 Å². The van der Waals surface area contributed by atoms with Gasteiger partial charge >= 0.3 is 0 Å². The molecule has 0 unspecified atom stereocenters. The third-order valence-corrected chi connectivity index (χ3v) is 2.25. The van der Waals surface area contributed by atoms with Crippen molar-refractivity contribution in [1.82, 2.24) is 4.37 Å². The molecule has 2 N–H and O–H groups in total. The summed E-state index contributed by atoms with van der Waals surface area (Å²) in [7, 11) is 0. The maximum atomic E-state index is 5.57. The first-order chi connectivity index (χ1) is 4.34. The predicted molar refractivity (Wildman–Crippen MR) is 43.7 cm³/mol. The number of nitrogens with zero attached hydrogens (tertiary/aromatic N) is 1. The zero-order chi connectivity index (χ0) is 6.69. The van der Waals surface area contributed by atoms with Crippen LogP contribution in [0.3, 0.4) is 0 Å². The monoisotopic (exact) mass is 160 g/mol. The van der Waals surface area contributed by atoms with E-state index in [9.17, 15) is 0 Å². The van der Waals surface area contributed by atoms with Gasteiger partial charge in [0.1, 0.15) is 5.00 Å². The smallest absolute Gasteiger partial charge is 0.110 e. The van der Waals surface area contributed by atoms with Crippen molar-refractivity contribution in [2.45, 2.75) is 5.75 Å². The average molecular weight is 160 g/mol. The van der Waals surface area contributed by atoms with E-state index in [2.05, 4.69) is 10.6 Å². The van der Waals surface area contributed by atoms with Gasteiger partial charge in [0, 0.05) is 17.5 Å². The summed E-state index contributed by atoms with van der Waals surface area (Å²) in [4.78, 5) is 0. The molecule has 0 amide bonds. The first kappa shape index (κ1) is 6.89. The molecule has 0 aliphatic heterocycles. The van der Waals surface area contributed by atoms with Gasteiger partial charge in [-0.05, 0) is 17.8 Å². The van der Waals surface area contributed by atoms with Crippen LogP contribution in [0.5, 0.6) is 0 Å². The van der Waals surface area contributed by atoms with E-state index < -0.39 is 0 Å². The summed E-state index contributed by atoms with van der Waals surface area (Å²) in [6.45, 7) is 0. The second-order valence-corrected chi connectivity index (χ2v) is 3.35. The summed E-state index contributed by atoms with van der Waals surface area (Å²) in [5.41, 5.74) is 6.73. The fourth-order valence-electron chi connectivity index (χ4n) is 0.533. The van der Waals surface area contributed by atoms with Crippen LogP contribution in [0.25, 0.3) is 0 Å². The number of nitrogens with two attached hydrogens (primary N) is 1. The van der Waals surface area contributed by atoms with Crippen LogP contribution in [0.4, 0.5) is 5.00 Å². The minimum atomic E-state index is 0.851. The second kappa shape index (κ2) is 3.08. The van der Waals surface area contributed by atoms with Gasteiger partial charge < -0.3 is 5.73 Å². The minimum absolute atomic E-state index is 0.851. The molecule has 1 aromatic heterocycles. The summed E-state index contributed by atoms with van der Waals surface area (Å²) < 4.78 is 3.94. The van der Waals surface area contributed by atoms with Crippen molar-refractivity contribution in [1.29, 1.82) is 0 Å². The standard InChI is InChI=1S/C5H8N2S2/c1-8-3-4-2-7-9-5(4)6/h2H,3,6H2,1H3. The minimum Gasteiger partial charge on any atom is -0.389 e. The highest BCUT2D eigenvalue weighted by molar-refractivity contribution is 7.97. The Morgan fingerprint density at radius 1 is 1.89 bits per heavy atom. The molecule has 1 aromatic rings. The van der Waals surface area contributed by atoms with Gasteiger partial charge in [-0.2, -0.15) is 16.1 Å². The van der Waals surface area contributed by atoms with E-state index >= 15 is 0 Å². The van der Waals surface area contributed by atoms with E-state index in [0.29, 0.717) is 0 Å². The largest absolute Gasteiger partial charge is 0.389 e. The van der Waals surface area contributed by atoms with Crippen molar-refractivity contribution in [2.24, 2.45) is 0 Å². The average Bonchev–Trinajstić information content (AvgIpc) is 2.18. The first-order valence-electron chi connectivity index (χ1n) is 2.52. The molecule has 0 atom stereocenters. The molecule has 0 aromatic carbocycles. The summed E-state index contributed by atoms with van der Waals surface area (Å²) in [6, 6.07) is 0. The van der Waals surface area contributed by atoms with Crippen molar-refractivity contribution < 1.29 is 0 Å². The summed E-state index contributed by atoms with van der Waals surface area (Å²) in [5, 5.41) is 0.851. The number of aromatic nitrogens is 1. The van der Waals surface area contributed by atoms with E-state index in [-0.39, 0.29) is 0 Å². The van der Waals surface area contributed by atoms with Crippen LogP contribution in [0.15, 0.2) is 6.20 Å². The molecule has 50 valence electrons. The number of rotatable bonds is 2. The highest BCUT2D eigenvalue weighted by Crippen LogP contribution is 2.19. The normalized spacial score (nSPS) is 9.89. The summed E-state index contributed by atoms with van der Waals surface area (Å²) in [5.74, 6) is 0.975. The SMILES string of the molecule is CSCc1cnsc1N. The van der Waals surface area contributed by atoms with Crippen LogP contribution < -0.4 is 5.73 Å². The molecule has 0 aliphatic carbocycles. The quantitative estimate of drug-likeness (QED) is 0.714. The van der Waals surface area contributed by atoms with Gasteiger partial charge in [-0.1, -0.05) is 0 Å². The van der Waals surface area contributed by atoms with Gasteiger partial charge in [0.05, 0.1) is 0 Å². The lowest BCUT2D eigenvalue weighted by Crippen LogP contribution is -1.84. The number of anilines is 1. The van der Waals surface area contributed by atoms with Crippen molar-refractivity contribution in [2.75, 3.05) is 12.0 Å². The Labute approximate surface area is 62.6 Å². The molecule has 0 saturated heterocycles. The van der Waals surface area contributed by atoms with Gasteiger partial charge in [-0.15, -0.1) is 0 Å². The van der Waals surface area contributed by atoms with Gasteiger partial charge in [0.25, 0.3) is 0 Å². The topological polar surface area (TPSA) is 38.9 Å². The highest BCUT2D eigenvalue weighted by Gasteiger charge is 1.98. The van der Waals surface area contributed by atoms with Crippen LogP contribution in [-0.4, -0.2) is 10.6 Å². The molecule has 0 saturated carbocycles. The fourth-order valence-corrected chi connectivity index (χ4v) is 1.70. The Morgan fingerprint density at radius 3 is 3.11 bits per heavy atom. The van der Waals surface area contributed by atoms with E-state index in [4.69, 9.17) is 5.73 Å². The van der Waals surface area contributed by atoms with Crippen LogP contribution in [0.2, 0.25) is 0 Å². The van der Waals surface area contributed by atoms with Gasteiger partial charge in [0.2, 0.25) is 0 Å². The van der Waals surface area contributed by atoms with Crippen molar-refractivity contribution in [3.8, 4) is 0 Å². The Bertz CT molecular complexity index is 185. The fraction of sp³-hybridized carbons (Fsp3) is 0.400. The number of nitrogen functional groups attached to an aromatic ring is 1. The molecule has 0 spiro atoms. The van der Waals surface area contributed by atoms with Crippen molar-refractivity contribution >= 4 is 28.3 Å². The van der Waals surface area contributed by atoms with Gasteiger partial charge in [-0.25, -0.2) is 0 Å². The molecular weight excluding hydrogens is 152 g/mol. The lowest BCUT2D eigenvalue weighted by molar-refractivity contribution is 1.41. The molecule has 0 radical (unpaired) electrons. The number of thioether (sulfide) groups is 1. The predicted octanol–water partition coefficient (Wildman–Crippen LogP) is 1.59. The summed E-state index contributed by atoms with van der Waals surface area (Å²) in [6.07, 6.45) is 3.88. The Kier molecular flexibility index (Phi) is 2.36. The maximum absolute atomic E-state index is 5.57. The number of hydrogen-bond acceptors (Lipinski definition) is 4.